The van der Waals surface area contributed by atoms with E-state index in [2.05, 4.69) is 0 Å². The Labute approximate surface area is 115 Å². The van der Waals surface area contributed by atoms with E-state index in [9.17, 15) is 14.9 Å². The van der Waals surface area contributed by atoms with E-state index >= 15 is 0 Å². The van der Waals surface area contributed by atoms with Gasteiger partial charge in [0.05, 0.1) is 36.2 Å². The molecule has 0 radical (unpaired) electrons. The van der Waals surface area contributed by atoms with E-state index in [-0.39, 0.29) is 18.2 Å². The van der Waals surface area contributed by atoms with Crippen molar-refractivity contribution in [2.24, 2.45) is 0 Å². The molecule has 20 heavy (non-hydrogen) atoms. The van der Waals surface area contributed by atoms with Gasteiger partial charge in [-0.3, -0.25) is 14.9 Å². The molecule has 1 aliphatic heterocycles. The van der Waals surface area contributed by atoms with Crippen LogP contribution in [0.2, 0.25) is 0 Å². The maximum Gasteiger partial charge on any atom is 0.305 e. The number of hydrogen-bond acceptors (Lipinski definition) is 5. The highest BCUT2D eigenvalue weighted by atomic mass is 16.6. The van der Waals surface area contributed by atoms with Crippen molar-refractivity contribution in [1.29, 1.82) is 0 Å². The molecule has 1 heterocycles. The molecule has 0 saturated carbocycles. The van der Waals surface area contributed by atoms with Crippen LogP contribution in [0.4, 0.5) is 11.4 Å². The van der Waals surface area contributed by atoms with Crippen molar-refractivity contribution in [3.05, 3.63) is 33.9 Å². The Morgan fingerprint density at radius 2 is 2.35 bits per heavy atom. The molecule has 1 N–H and O–H groups in total. The molecule has 0 amide bonds. The zero-order valence-electron chi connectivity index (χ0n) is 11.1. The van der Waals surface area contributed by atoms with Crippen molar-refractivity contribution in [3.63, 3.8) is 0 Å². The molecule has 0 spiro atoms. The van der Waals surface area contributed by atoms with E-state index < -0.39 is 10.9 Å². The lowest BCUT2D eigenvalue weighted by Gasteiger charge is -2.37. The largest absolute Gasteiger partial charge is 0.481 e. The van der Waals surface area contributed by atoms with Gasteiger partial charge in [0.1, 0.15) is 0 Å². The number of morpholine rings is 1. The minimum absolute atomic E-state index is 0.0445. The van der Waals surface area contributed by atoms with Gasteiger partial charge in [0, 0.05) is 18.3 Å². The van der Waals surface area contributed by atoms with E-state index in [1.807, 2.05) is 4.90 Å². The highest BCUT2D eigenvalue weighted by Crippen LogP contribution is 2.31. The predicted octanol–water partition coefficient (Wildman–Crippen LogP) is 1.58. The summed E-state index contributed by atoms with van der Waals surface area (Å²) in [4.78, 5) is 23.4. The average Bonchev–Trinajstić information content (AvgIpc) is 2.39. The summed E-state index contributed by atoms with van der Waals surface area (Å²) in [5, 5.41) is 19.9. The number of rotatable bonds is 4. The number of benzene rings is 1. The molecule has 0 aliphatic carbocycles. The second-order valence-electron chi connectivity index (χ2n) is 4.70. The number of nitrogens with zero attached hydrogens (tertiary/aromatic N) is 2. The lowest BCUT2D eigenvalue weighted by molar-refractivity contribution is -0.385. The normalized spacial score (nSPS) is 18.9. The summed E-state index contributed by atoms with van der Waals surface area (Å²) in [5.41, 5.74) is 1.30. The summed E-state index contributed by atoms with van der Waals surface area (Å²) in [6.07, 6.45) is -0.0534. The van der Waals surface area contributed by atoms with E-state index in [4.69, 9.17) is 9.84 Å². The molecule has 1 aromatic carbocycles. The Morgan fingerprint density at radius 3 is 3.00 bits per heavy atom. The quantitative estimate of drug-likeness (QED) is 0.665. The van der Waals surface area contributed by atoms with Crippen molar-refractivity contribution in [2.45, 2.75) is 19.4 Å². The fourth-order valence-electron chi connectivity index (χ4n) is 2.46. The number of aliphatic carboxylic acids is 1. The molecule has 1 unspecified atom stereocenters. The Bertz CT molecular complexity index is 531. The van der Waals surface area contributed by atoms with Crippen LogP contribution >= 0.6 is 0 Å². The smallest absolute Gasteiger partial charge is 0.305 e. The molecule has 7 nitrogen and oxygen atoms in total. The van der Waals surface area contributed by atoms with E-state index in [0.717, 1.165) is 0 Å². The minimum Gasteiger partial charge on any atom is -0.481 e. The highest BCUT2D eigenvalue weighted by Gasteiger charge is 2.28. The van der Waals surface area contributed by atoms with Gasteiger partial charge in [-0.05, 0) is 13.0 Å². The van der Waals surface area contributed by atoms with Crippen LogP contribution < -0.4 is 4.90 Å². The zero-order chi connectivity index (χ0) is 14.7. The Hall–Kier alpha value is -2.15. The van der Waals surface area contributed by atoms with Crippen molar-refractivity contribution in [1.82, 2.24) is 0 Å². The number of carboxylic acid groups (broad SMARTS) is 1. The highest BCUT2D eigenvalue weighted by molar-refractivity contribution is 5.69. The number of hydrogen-bond donors (Lipinski definition) is 1. The summed E-state index contributed by atoms with van der Waals surface area (Å²) < 4.78 is 5.31. The Kier molecular flexibility index (Phi) is 4.19. The van der Waals surface area contributed by atoms with Gasteiger partial charge in [0.2, 0.25) is 0 Å². The maximum absolute atomic E-state index is 11.0. The van der Waals surface area contributed by atoms with Gasteiger partial charge in [-0.15, -0.1) is 0 Å². The first-order valence-electron chi connectivity index (χ1n) is 6.31. The van der Waals surface area contributed by atoms with Crippen LogP contribution in [0.15, 0.2) is 18.2 Å². The molecular weight excluding hydrogens is 264 g/mol. The zero-order valence-corrected chi connectivity index (χ0v) is 11.1. The van der Waals surface area contributed by atoms with Gasteiger partial charge in [-0.2, -0.15) is 0 Å². The first-order chi connectivity index (χ1) is 9.50. The summed E-state index contributed by atoms with van der Waals surface area (Å²) >= 11 is 0. The van der Waals surface area contributed by atoms with Gasteiger partial charge in [-0.1, -0.05) is 6.07 Å². The summed E-state index contributed by atoms with van der Waals surface area (Å²) in [5.74, 6) is -0.909. The lowest BCUT2D eigenvalue weighted by Crippen LogP contribution is -2.47. The van der Waals surface area contributed by atoms with E-state index in [1.54, 1.807) is 19.1 Å². The summed E-state index contributed by atoms with van der Waals surface area (Å²) in [6, 6.07) is 4.55. The van der Waals surface area contributed by atoms with Crippen molar-refractivity contribution in [2.75, 3.05) is 24.7 Å². The molecule has 7 heteroatoms. The first kappa shape index (κ1) is 14.3. The standard InChI is InChI=1S/C13H16N2O5/c1-9-11(3-2-4-12(9)15(18)19)14-5-6-20-8-10(14)7-13(16)17/h2-4,10H,5-8H2,1H3,(H,16,17). The minimum atomic E-state index is -0.909. The van der Waals surface area contributed by atoms with Crippen LogP contribution in [0, 0.1) is 17.0 Å². The second-order valence-corrected chi connectivity index (χ2v) is 4.70. The summed E-state index contributed by atoms with van der Waals surface area (Å²) in [7, 11) is 0. The molecule has 1 saturated heterocycles. The molecule has 108 valence electrons. The van der Waals surface area contributed by atoms with Gasteiger partial charge < -0.3 is 14.7 Å². The van der Waals surface area contributed by atoms with Gasteiger partial charge in [0.25, 0.3) is 5.69 Å². The molecule has 2 rings (SSSR count). The van der Waals surface area contributed by atoms with Crippen molar-refractivity contribution in [3.8, 4) is 0 Å². The van der Waals surface area contributed by atoms with Crippen LogP contribution in [0.25, 0.3) is 0 Å². The molecule has 1 fully saturated rings. The number of carboxylic acids is 1. The maximum atomic E-state index is 11.0. The molecule has 0 aromatic heterocycles. The molecule has 1 aliphatic rings. The van der Waals surface area contributed by atoms with E-state index in [1.165, 1.54) is 6.07 Å². The molecule has 0 bridgehead atoms. The van der Waals surface area contributed by atoms with Gasteiger partial charge >= 0.3 is 5.97 Å². The SMILES string of the molecule is Cc1c(N2CCOCC2CC(=O)O)cccc1[N+](=O)[O-]. The van der Waals surface area contributed by atoms with E-state index in [0.29, 0.717) is 31.0 Å². The van der Waals surface area contributed by atoms with Crippen LogP contribution in [0.1, 0.15) is 12.0 Å². The van der Waals surface area contributed by atoms with Crippen molar-refractivity contribution < 1.29 is 19.6 Å². The molecule has 1 atom stereocenters. The fraction of sp³-hybridized carbons (Fsp3) is 0.462. The summed E-state index contributed by atoms with van der Waals surface area (Å²) in [6.45, 7) is 3.01. The van der Waals surface area contributed by atoms with Crippen molar-refractivity contribution >= 4 is 17.3 Å². The van der Waals surface area contributed by atoms with Crippen LogP contribution in [-0.4, -0.2) is 41.8 Å². The third kappa shape index (κ3) is 2.88. The Morgan fingerprint density at radius 1 is 1.60 bits per heavy atom. The van der Waals surface area contributed by atoms with Crippen LogP contribution in [0.5, 0.6) is 0 Å². The molecular formula is C13H16N2O5. The number of nitro groups is 1. The number of carbonyl (C=O) groups is 1. The second kappa shape index (κ2) is 5.87. The topological polar surface area (TPSA) is 92.9 Å². The average molecular weight is 280 g/mol. The number of nitro benzene ring substituents is 1. The number of anilines is 1. The van der Waals surface area contributed by atoms with Gasteiger partial charge in [-0.25, -0.2) is 0 Å². The monoisotopic (exact) mass is 280 g/mol. The third-order valence-corrected chi connectivity index (χ3v) is 3.42. The fourth-order valence-corrected chi connectivity index (χ4v) is 2.46. The number of ether oxygens (including phenoxy) is 1. The lowest BCUT2D eigenvalue weighted by atomic mass is 10.1. The third-order valence-electron chi connectivity index (χ3n) is 3.42. The van der Waals surface area contributed by atoms with Crippen LogP contribution in [0.3, 0.4) is 0 Å². The molecule has 1 aromatic rings. The van der Waals surface area contributed by atoms with Gasteiger partial charge in [0.15, 0.2) is 0 Å². The predicted molar refractivity (Wildman–Crippen MR) is 72.0 cm³/mol. The Balaban J connectivity index is 2.35. The first-order valence-corrected chi connectivity index (χ1v) is 6.31. The van der Waals surface area contributed by atoms with Crippen LogP contribution in [-0.2, 0) is 9.53 Å².